The number of hydrogen-bond donors (Lipinski definition) is 2. The van der Waals surface area contributed by atoms with E-state index in [1.165, 1.54) is 22.1 Å². The predicted molar refractivity (Wildman–Crippen MR) is 89.1 cm³/mol. The lowest BCUT2D eigenvalue weighted by Gasteiger charge is -2.39. The van der Waals surface area contributed by atoms with Crippen LogP contribution in [0.3, 0.4) is 0 Å². The second-order valence-corrected chi connectivity index (χ2v) is 6.48. The molecule has 2 heterocycles. The van der Waals surface area contributed by atoms with E-state index in [1.54, 1.807) is 6.92 Å². The summed E-state index contributed by atoms with van der Waals surface area (Å²) in [5.74, 6) is -0.524. The van der Waals surface area contributed by atoms with Crippen molar-refractivity contribution in [3.8, 4) is 0 Å². The molecule has 2 N–H and O–H groups in total. The lowest BCUT2D eigenvalue weighted by Crippen LogP contribution is -2.47. The number of hydroxylamine groups is 2. The van der Waals surface area contributed by atoms with Crippen LogP contribution in [0, 0.1) is 5.92 Å². The van der Waals surface area contributed by atoms with Crippen LogP contribution in [-0.2, 0) is 11.2 Å². The number of likely N-dealkylation sites (N-methyl/N-ethyl adjacent to an activating group) is 1. The molecular weight excluding hydrogens is 290 g/mol. The van der Waals surface area contributed by atoms with Crippen LogP contribution in [0.1, 0.15) is 18.1 Å². The van der Waals surface area contributed by atoms with Crippen molar-refractivity contribution in [2.75, 3.05) is 20.1 Å². The van der Waals surface area contributed by atoms with Gasteiger partial charge >= 0.3 is 0 Å². The predicted octanol–water partition coefficient (Wildman–Crippen LogP) is 2.28. The Morgan fingerprint density at radius 2 is 2.30 bits per heavy atom. The maximum absolute atomic E-state index is 12.4. The minimum Gasteiger partial charge on any atom is -0.361 e. The molecule has 0 bridgehead atoms. The van der Waals surface area contributed by atoms with Gasteiger partial charge in [0.25, 0.3) is 5.91 Å². The molecule has 1 aliphatic heterocycles. The first-order valence-electron chi connectivity index (χ1n) is 8.11. The molecule has 0 saturated heterocycles. The number of nitrogens with zero attached hydrogens (tertiary/aromatic N) is 2. The van der Waals surface area contributed by atoms with E-state index in [2.05, 4.69) is 47.4 Å². The third-order valence-electron chi connectivity index (χ3n) is 5.14. The summed E-state index contributed by atoms with van der Waals surface area (Å²) in [6, 6.07) is 6.57. The van der Waals surface area contributed by atoms with E-state index >= 15 is 0 Å². The summed E-state index contributed by atoms with van der Waals surface area (Å²) in [4.78, 5) is 18.0. The van der Waals surface area contributed by atoms with Gasteiger partial charge in [0.1, 0.15) is 0 Å². The first-order chi connectivity index (χ1) is 11.1. The third-order valence-corrected chi connectivity index (χ3v) is 5.14. The van der Waals surface area contributed by atoms with Crippen LogP contribution in [0.15, 0.2) is 30.5 Å². The lowest BCUT2D eigenvalue weighted by molar-refractivity contribution is -0.168. The standard InChI is InChI=1S/C18H21N3O2/c1-3-21(23)18(22)12-7-14-13-5-4-6-15-17(13)11(9-19-15)8-16(14)20(2)10-12/h4-7,9,12,16,19,23H,3,8,10H2,1-2H3/t12-,16-/m1/s1. The normalized spacial score (nSPS) is 23.5. The number of carbonyl (C=O) groups excluding carboxylic acids is 1. The quantitative estimate of drug-likeness (QED) is 0.661. The van der Waals surface area contributed by atoms with Gasteiger partial charge in [-0.2, -0.15) is 0 Å². The molecule has 2 aliphatic rings. The van der Waals surface area contributed by atoms with Gasteiger partial charge in [0.05, 0.1) is 5.92 Å². The zero-order valence-corrected chi connectivity index (χ0v) is 13.4. The van der Waals surface area contributed by atoms with Crippen molar-refractivity contribution in [2.45, 2.75) is 19.4 Å². The molecule has 0 saturated carbocycles. The second-order valence-electron chi connectivity index (χ2n) is 6.48. The molecule has 2 atom stereocenters. The molecule has 4 rings (SSSR count). The number of fused-ring (bicyclic) bond motifs is 2. The Bertz CT molecular complexity index is 808. The van der Waals surface area contributed by atoms with Gasteiger partial charge in [-0.25, -0.2) is 5.06 Å². The molecule has 120 valence electrons. The number of carbonyl (C=O) groups is 1. The zero-order chi connectivity index (χ0) is 16.1. The highest BCUT2D eigenvalue weighted by molar-refractivity contribution is 5.99. The van der Waals surface area contributed by atoms with Crippen LogP contribution in [0.2, 0.25) is 0 Å². The Hall–Kier alpha value is -2.11. The van der Waals surface area contributed by atoms with Gasteiger partial charge < -0.3 is 4.98 Å². The monoisotopic (exact) mass is 311 g/mol. The van der Waals surface area contributed by atoms with Gasteiger partial charge in [-0.1, -0.05) is 18.2 Å². The van der Waals surface area contributed by atoms with Gasteiger partial charge in [-0.05, 0) is 43.2 Å². The molecule has 5 nitrogen and oxygen atoms in total. The van der Waals surface area contributed by atoms with E-state index in [4.69, 9.17) is 0 Å². The minimum atomic E-state index is -0.299. The fourth-order valence-electron chi connectivity index (χ4n) is 3.95. The fourth-order valence-corrected chi connectivity index (χ4v) is 3.95. The van der Waals surface area contributed by atoms with E-state index in [9.17, 15) is 10.0 Å². The minimum absolute atomic E-state index is 0.225. The number of aromatic nitrogens is 1. The van der Waals surface area contributed by atoms with E-state index in [0.29, 0.717) is 19.1 Å². The van der Waals surface area contributed by atoms with Crippen LogP contribution < -0.4 is 0 Å². The highest BCUT2D eigenvalue weighted by Crippen LogP contribution is 2.40. The second kappa shape index (κ2) is 5.22. The van der Waals surface area contributed by atoms with E-state index in [1.807, 2.05) is 0 Å². The SMILES string of the molecule is CCN(O)C(=O)[C@@H]1C=C2c3cccc4[nH]cc(c34)C[C@H]2N(C)C1. The summed E-state index contributed by atoms with van der Waals surface area (Å²) < 4.78 is 0. The largest absolute Gasteiger partial charge is 0.361 e. The molecule has 0 fully saturated rings. The Balaban J connectivity index is 1.83. The van der Waals surface area contributed by atoms with Crippen molar-refractivity contribution >= 4 is 22.4 Å². The number of aromatic amines is 1. The number of benzene rings is 1. The number of rotatable bonds is 2. The molecule has 2 aromatic rings. The molecule has 1 amide bonds. The molecule has 5 heteroatoms. The molecule has 0 spiro atoms. The average molecular weight is 311 g/mol. The first kappa shape index (κ1) is 14.5. The molecule has 23 heavy (non-hydrogen) atoms. The molecule has 1 aliphatic carbocycles. The highest BCUT2D eigenvalue weighted by Gasteiger charge is 2.36. The average Bonchev–Trinajstić information content (AvgIpc) is 2.99. The zero-order valence-electron chi connectivity index (χ0n) is 13.4. The van der Waals surface area contributed by atoms with Crippen LogP contribution >= 0.6 is 0 Å². The summed E-state index contributed by atoms with van der Waals surface area (Å²) in [5, 5.41) is 11.9. The summed E-state index contributed by atoms with van der Waals surface area (Å²) in [6.45, 7) is 2.72. The number of amides is 1. The number of hydrogen-bond acceptors (Lipinski definition) is 3. The number of H-pyrrole nitrogens is 1. The lowest BCUT2D eigenvalue weighted by atomic mass is 9.80. The van der Waals surface area contributed by atoms with Crippen LogP contribution in [0.25, 0.3) is 16.5 Å². The van der Waals surface area contributed by atoms with Crippen LogP contribution in [0.5, 0.6) is 0 Å². The number of nitrogens with one attached hydrogen (secondary N) is 1. The summed E-state index contributed by atoms with van der Waals surface area (Å²) in [5.41, 5.74) is 4.90. The Kier molecular flexibility index (Phi) is 3.28. The molecule has 1 aromatic carbocycles. The molecule has 0 radical (unpaired) electrons. The van der Waals surface area contributed by atoms with Crippen molar-refractivity contribution in [3.63, 3.8) is 0 Å². The van der Waals surface area contributed by atoms with E-state index in [-0.39, 0.29) is 11.8 Å². The van der Waals surface area contributed by atoms with Crippen molar-refractivity contribution in [2.24, 2.45) is 5.92 Å². The van der Waals surface area contributed by atoms with Gasteiger partial charge in [0.2, 0.25) is 0 Å². The maximum atomic E-state index is 12.4. The smallest absolute Gasteiger partial charge is 0.254 e. The summed E-state index contributed by atoms with van der Waals surface area (Å²) in [6.07, 6.45) is 5.12. The van der Waals surface area contributed by atoms with Gasteiger partial charge in [-0.3, -0.25) is 14.9 Å². The first-order valence-corrected chi connectivity index (χ1v) is 8.11. The topological polar surface area (TPSA) is 59.6 Å². The highest BCUT2D eigenvalue weighted by atomic mass is 16.5. The van der Waals surface area contributed by atoms with Crippen LogP contribution in [0.4, 0.5) is 0 Å². The van der Waals surface area contributed by atoms with E-state index in [0.717, 1.165) is 17.0 Å². The summed E-state index contributed by atoms with van der Waals surface area (Å²) in [7, 11) is 2.06. The van der Waals surface area contributed by atoms with Gasteiger partial charge in [-0.15, -0.1) is 0 Å². The Morgan fingerprint density at radius 3 is 3.09 bits per heavy atom. The van der Waals surface area contributed by atoms with Crippen molar-refractivity contribution in [3.05, 3.63) is 41.6 Å². The van der Waals surface area contributed by atoms with Gasteiger partial charge in [0.15, 0.2) is 0 Å². The molecule has 1 aromatic heterocycles. The molecule has 0 unspecified atom stereocenters. The molecular formula is C18H21N3O2. The van der Waals surface area contributed by atoms with Crippen molar-refractivity contribution in [1.29, 1.82) is 0 Å². The summed E-state index contributed by atoms with van der Waals surface area (Å²) >= 11 is 0. The Morgan fingerprint density at radius 1 is 1.48 bits per heavy atom. The van der Waals surface area contributed by atoms with E-state index < -0.39 is 0 Å². The van der Waals surface area contributed by atoms with Crippen molar-refractivity contribution < 1.29 is 10.0 Å². The van der Waals surface area contributed by atoms with Crippen LogP contribution in [-0.4, -0.2) is 52.2 Å². The van der Waals surface area contributed by atoms with Crippen molar-refractivity contribution in [1.82, 2.24) is 14.9 Å². The Labute approximate surface area is 135 Å². The third kappa shape index (κ3) is 2.11. The maximum Gasteiger partial charge on any atom is 0.254 e. The van der Waals surface area contributed by atoms with Gasteiger partial charge in [0, 0.05) is 36.2 Å². The fraction of sp³-hybridized carbons (Fsp3) is 0.389.